The molecule has 25 heavy (non-hydrogen) atoms. The molecule has 0 N–H and O–H groups in total. The smallest absolute Gasteiger partial charge is 0.163 e. The minimum absolute atomic E-state index is 0.0608. The van der Waals surface area contributed by atoms with Crippen LogP contribution in [-0.2, 0) is 0 Å². The minimum atomic E-state index is -0.365. The lowest BCUT2D eigenvalue weighted by Crippen LogP contribution is -2.15. The van der Waals surface area contributed by atoms with Crippen molar-refractivity contribution in [3.05, 3.63) is 108 Å². The largest absolute Gasteiger partial charge is 0.294 e. The first-order chi connectivity index (χ1) is 12.3. The molecule has 0 aliphatic heterocycles. The molecule has 0 saturated heterocycles. The van der Waals surface area contributed by atoms with Gasteiger partial charge >= 0.3 is 0 Å². The summed E-state index contributed by atoms with van der Waals surface area (Å²) >= 11 is 0. The maximum absolute atomic E-state index is 12.8. The van der Waals surface area contributed by atoms with Gasteiger partial charge in [0, 0.05) is 17.9 Å². The van der Waals surface area contributed by atoms with Gasteiger partial charge in [0.2, 0.25) is 0 Å². The molecule has 0 radical (unpaired) electrons. The van der Waals surface area contributed by atoms with Crippen molar-refractivity contribution in [2.24, 2.45) is 0 Å². The standard InChI is InChI=1S/C23H19NO/c24-17-22(19-12-6-2-7-13-19)21(18-10-4-1-5-11-18)16-23(25)20-14-8-3-9-15-20/h1-15,21-22H,16H2/t21-,22-/m1/s1. The number of carbonyl (C=O) groups is 1. The quantitative estimate of drug-likeness (QED) is 0.573. The van der Waals surface area contributed by atoms with Gasteiger partial charge in [-0.3, -0.25) is 4.79 Å². The molecule has 2 heteroatoms. The molecule has 0 aromatic heterocycles. The zero-order valence-corrected chi connectivity index (χ0v) is 13.9. The molecule has 0 bridgehead atoms. The van der Waals surface area contributed by atoms with E-state index in [1.807, 2.05) is 91.0 Å². The minimum Gasteiger partial charge on any atom is -0.294 e. The Balaban J connectivity index is 1.96. The summed E-state index contributed by atoms with van der Waals surface area (Å²) in [6, 6.07) is 31.3. The van der Waals surface area contributed by atoms with Gasteiger partial charge in [0.05, 0.1) is 12.0 Å². The van der Waals surface area contributed by atoms with E-state index in [2.05, 4.69) is 6.07 Å². The highest BCUT2D eigenvalue weighted by atomic mass is 16.1. The van der Waals surface area contributed by atoms with Gasteiger partial charge < -0.3 is 0 Å². The zero-order valence-electron chi connectivity index (χ0n) is 13.9. The molecule has 3 rings (SSSR count). The zero-order chi connectivity index (χ0) is 17.5. The summed E-state index contributed by atoms with van der Waals surface area (Å²) in [5.74, 6) is -0.483. The summed E-state index contributed by atoms with van der Waals surface area (Å²) in [6.45, 7) is 0. The number of carbonyl (C=O) groups excluding carboxylic acids is 1. The Morgan fingerprint density at radius 1 is 0.760 bits per heavy atom. The third-order valence-corrected chi connectivity index (χ3v) is 4.43. The summed E-state index contributed by atoms with van der Waals surface area (Å²) in [7, 11) is 0. The van der Waals surface area contributed by atoms with Crippen molar-refractivity contribution in [1.29, 1.82) is 5.26 Å². The van der Waals surface area contributed by atoms with E-state index in [1.165, 1.54) is 0 Å². The average molecular weight is 325 g/mol. The second-order valence-corrected chi connectivity index (χ2v) is 6.03. The molecule has 0 fully saturated rings. The van der Waals surface area contributed by atoms with Crippen LogP contribution in [-0.4, -0.2) is 5.78 Å². The Morgan fingerprint density at radius 2 is 1.24 bits per heavy atom. The number of hydrogen-bond donors (Lipinski definition) is 0. The van der Waals surface area contributed by atoms with Crippen LogP contribution in [0.5, 0.6) is 0 Å². The van der Waals surface area contributed by atoms with E-state index in [-0.39, 0.29) is 17.6 Å². The lowest BCUT2D eigenvalue weighted by Gasteiger charge is -2.22. The molecule has 2 atom stereocenters. The van der Waals surface area contributed by atoms with E-state index in [0.717, 1.165) is 11.1 Å². The fourth-order valence-corrected chi connectivity index (χ4v) is 3.13. The fourth-order valence-electron chi connectivity index (χ4n) is 3.13. The molecule has 0 aliphatic rings. The lowest BCUT2D eigenvalue weighted by atomic mass is 9.78. The molecular weight excluding hydrogens is 306 g/mol. The Bertz CT molecular complexity index is 851. The van der Waals surface area contributed by atoms with E-state index >= 15 is 0 Å². The first-order valence-electron chi connectivity index (χ1n) is 8.37. The van der Waals surface area contributed by atoms with Crippen molar-refractivity contribution >= 4 is 5.78 Å². The highest BCUT2D eigenvalue weighted by Gasteiger charge is 2.27. The molecule has 0 amide bonds. The predicted molar refractivity (Wildman–Crippen MR) is 99.4 cm³/mol. The number of hydrogen-bond acceptors (Lipinski definition) is 2. The Morgan fingerprint density at radius 3 is 1.76 bits per heavy atom. The number of Topliss-reactive ketones (excluding diaryl/α,β-unsaturated/α-hetero) is 1. The first-order valence-corrected chi connectivity index (χ1v) is 8.37. The van der Waals surface area contributed by atoms with E-state index in [1.54, 1.807) is 0 Å². The molecule has 0 aliphatic carbocycles. The molecule has 0 heterocycles. The van der Waals surface area contributed by atoms with Crippen molar-refractivity contribution in [3.63, 3.8) is 0 Å². The molecule has 0 unspecified atom stereocenters. The normalized spacial score (nSPS) is 12.8. The van der Waals surface area contributed by atoms with Crippen LogP contribution in [0.3, 0.4) is 0 Å². The van der Waals surface area contributed by atoms with Crippen LogP contribution in [0.1, 0.15) is 39.7 Å². The van der Waals surface area contributed by atoms with Gasteiger partial charge in [-0.1, -0.05) is 91.0 Å². The van der Waals surface area contributed by atoms with Crippen LogP contribution in [0.2, 0.25) is 0 Å². The Hall–Kier alpha value is -3.18. The summed E-state index contributed by atoms with van der Waals surface area (Å²) in [4.78, 5) is 12.8. The van der Waals surface area contributed by atoms with Crippen LogP contribution in [0, 0.1) is 11.3 Å². The second kappa shape index (κ2) is 8.08. The SMILES string of the molecule is N#C[C@H](c1ccccc1)[C@H](CC(=O)c1ccccc1)c1ccccc1. The van der Waals surface area contributed by atoms with Crippen LogP contribution >= 0.6 is 0 Å². The highest BCUT2D eigenvalue weighted by Crippen LogP contribution is 2.36. The summed E-state index contributed by atoms with van der Waals surface area (Å²) < 4.78 is 0. The second-order valence-electron chi connectivity index (χ2n) is 6.03. The van der Waals surface area contributed by atoms with E-state index in [4.69, 9.17) is 0 Å². The molecule has 0 saturated carbocycles. The van der Waals surface area contributed by atoms with Gasteiger partial charge in [-0.05, 0) is 11.1 Å². The predicted octanol–water partition coefficient (Wildman–Crippen LogP) is 5.35. The van der Waals surface area contributed by atoms with Gasteiger partial charge in [0.25, 0.3) is 0 Å². The van der Waals surface area contributed by atoms with Gasteiger partial charge in [0.15, 0.2) is 5.78 Å². The molecule has 122 valence electrons. The summed E-state index contributed by atoms with van der Waals surface area (Å²) in [5.41, 5.74) is 2.65. The van der Waals surface area contributed by atoms with Crippen LogP contribution in [0.15, 0.2) is 91.0 Å². The lowest BCUT2D eigenvalue weighted by molar-refractivity contribution is 0.0972. The van der Waals surface area contributed by atoms with Crippen molar-refractivity contribution < 1.29 is 4.79 Å². The van der Waals surface area contributed by atoms with Crippen LogP contribution in [0.25, 0.3) is 0 Å². The van der Waals surface area contributed by atoms with Crippen molar-refractivity contribution in [2.45, 2.75) is 18.3 Å². The topological polar surface area (TPSA) is 40.9 Å². The van der Waals surface area contributed by atoms with Crippen molar-refractivity contribution in [2.75, 3.05) is 0 Å². The van der Waals surface area contributed by atoms with Gasteiger partial charge in [-0.15, -0.1) is 0 Å². The number of ketones is 1. The monoisotopic (exact) mass is 325 g/mol. The van der Waals surface area contributed by atoms with Gasteiger partial charge in [0.1, 0.15) is 0 Å². The van der Waals surface area contributed by atoms with Crippen LogP contribution in [0.4, 0.5) is 0 Å². The van der Waals surface area contributed by atoms with E-state index in [0.29, 0.717) is 12.0 Å². The van der Waals surface area contributed by atoms with Gasteiger partial charge in [-0.25, -0.2) is 0 Å². The Labute approximate surface area is 148 Å². The number of rotatable bonds is 6. The maximum atomic E-state index is 12.8. The van der Waals surface area contributed by atoms with Gasteiger partial charge in [-0.2, -0.15) is 5.26 Å². The molecule has 0 spiro atoms. The fraction of sp³-hybridized carbons (Fsp3) is 0.130. The summed E-state index contributed by atoms with van der Waals surface area (Å²) in [5, 5.41) is 9.83. The first kappa shape index (κ1) is 16.7. The highest BCUT2D eigenvalue weighted by molar-refractivity contribution is 5.96. The number of nitrogens with zero attached hydrogens (tertiary/aromatic N) is 1. The Kier molecular flexibility index (Phi) is 5.39. The summed E-state index contributed by atoms with van der Waals surface area (Å²) in [6.07, 6.45) is 0.307. The van der Waals surface area contributed by atoms with Crippen molar-refractivity contribution in [1.82, 2.24) is 0 Å². The van der Waals surface area contributed by atoms with E-state index < -0.39 is 0 Å². The number of nitriles is 1. The number of benzene rings is 3. The molecular formula is C23H19NO. The maximum Gasteiger partial charge on any atom is 0.163 e. The molecule has 2 nitrogen and oxygen atoms in total. The molecule has 3 aromatic carbocycles. The van der Waals surface area contributed by atoms with E-state index in [9.17, 15) is 10.1 Å². The molecule has 3 aromatic rings. The third kappa shape index (κ3) is 4.02. The third-order valence-electron chi connectivity index (χ3n) is 4.43. The van der Waals surface area contributed by atoms with Crippen molar-refractivity contribution in [3.8, 4) is 6.07 Å². The average Bonchev–Trinajstić information content (AvgIpc) is 2.70. The van der Waals surface area contributed by atoms with Crippen LogP contribution < -0.4 is 0 Å².